The molecule has 0 aliphatic heterocycles. The quantitative estimate of drug-likeness (QED) is 0.550. The van der Waals surface area contributed by atoms with E-state index >= 15 is 0 Å². The van der Waals surface area contributed by atoms with E-state index < -0.39 is 0 Å². The lowest BCUT2D eigenvalue weighted by Gasteiger charge is -2.08. The Kier molecular flexibility index (Phi) is 3.43. The second-order valence-corrected chi connectivity index (χ2v) is 3.00. The lowest BCUT2D eigenvalue weighted by molar-refractivity contribution is 0.311. The molecular weight excluding hydrogens is 164 g/mol. The van der Waals surface area contributed by atoms with Crippen molar-refractivity contribution < 1.29 is 4.74 Å². The third-order valence-corrected chi connectivity index (χ3v) is 1.79. The summed E-state index contributed by atoms with van der Waals surface area (Å²) in [6.45, 7) is 2.82. The highest BCUT2D eigenvalue weighted by Gasteiger charge is 1.99. The molecule has 1 aromatic carbocycles. The van der Waals surface area contributed by atoms with Gasteiger partial charge in [-0.25, -0.2) is 0 Å². The summed E-state index contributed by atoms with van der Waals surface area (Å²) in [5.74, 6) is 0.688. The van der Waals surface area contributed by atoms with Crippen molar-refractivity contribution in [2.24, 2.45) is 0 Å². The third kappa shape index (κ3) is 2.86. The van der Waals surface area contributed by atoms with Crippen molar-refractivity contribution in [2.75, 3.05) is 18.1 Å². The van der Waals surface area contributed by atoms with Gasteiger partial charge in [0.15, 0.2) is 0 Å². The lowest BCUT2D eigenvalue weighted by atomic mass is 10.2. The molecule has 0 heterocycles. The highest BCUT2D eigenvalue weighted by Crippen LogP contribution is 2.23. The summed E-state index contributed by atoms with van der Waals surface area (Å²) < 4.78 is 5.45. The maximum atomic E-state index is 5.69. The van der Waals surface area contributed by atoms with E-state index in [1.165, 1.54) is 0 Å². The number of benzene rings is 1. The maximum absolute atomic E-state index is 5.69. The minimum atomic E-state index is 0.644. The fourth-order valence-corrected chi connectivity index (χ4v) is 1.00. The van der Waals surface area contributed by atoms with Gasteiger partial charge in [-0.15, -0.1) is 0 Å². The van der Waals surface area contributed by atoms with Crippen molar-refractivity contribution in [1.82, 2.24) is 0 Å². The Hall–Kier alpha value is -1.38. The summed E-state index contributed by atoms with van der Waals surface area (Å²) in [6, 6.07) is 5.28. The summed E-state index contributed by atoms with van der Waals surface area (Å²) in [5, 5.41) is 0. The van der Waals surface area contributed by atoms with E-state index in [0.717, 1.165) is 12.8 Å². The number of rotatable bonds is 4. The molecule has 72 valence electrons. The van der Waals surface area contributed by atoms with Crippen LogP contribution >= 0.6 is 0 Å². The maximum Gasteiger partial charge on any atom is 0.144 e. The van der Waals surface area contributed by atoms with Crippen molar-refractivity contribution in [3.63, 3.8) is 0 Å². The number of unbranched alkanes of at least 4 members (excludes halogenated alkanes) is 1. The van der Waals surface area contributed by atoms with E-state index in [1.807, 2.05) is 0 Å². The van der Waals surface area contributed by atoms with E-state index in [9.17, 15) is 0 Å². The molecule has 0 atom stereocenters. The number of hydrogen-bond donors (Lipinski definition) is 2. The SMILES string of the molecule is CCCCOc1cc(N)ccc1N. The highest BCUT2D eigenvalue weighted by molar-refractivity contribution is 5.59. The van der Waals surface area contributed by atoms with Gasteiger partial charge in [-0.1, -0.05) is 13.3 Å². The monoisotopic (exact) mass is 180 g/mol. The molecular formula is C10H16N2O. The zero-order chi connectivity index (χ0) is 9.68. The predicted molar refractivity (Wildman–Crippen MR) is 55.7 cm³/mol. The number of hydrogen-bond acceptors (Lipinski definition) is 3. The molecule has 0 bridgehead atoms. The largest absolute Gasteiger partial charge is 0.491 e. The predicted octanol–water partition coefficient (Wildman–Crippen LogP) is 2.03. The van der Waals surface area contributed by atoms with E-state index in [2.05, 4.69) is 6.92 Å². The fraction of sp³-hybridized carbons (Fsp3) is 0.400. The van der Waals surface area contributed by atoms with Gasteiger partial charge in [0.2, 0.25) is 0 Å². The zero-order valence-electron chi connectivity index (χ0n) is 7.92. The number of nitrogens with two attached hydrogens (primary N) is 2. The molecule has 0 aromatic heterocycles. The Morgan fingerprint density at radius 2 is 2.08 bits per heavy atom. The Bertz CT molecular complexity index is 274. The van der Waals surface area contributed by atoms with E-state index in [0.29, 0.717) is 23.7 Å². The van der Waals surface area contributed by atoms with Crippen molar-refractivity contribution in [2.45, 2.75) is 19.8 Å². The molecule has 1 aromatic rings. The minimum Gasteiger partial charge on any atom is -0.491 e. The van der Waals surface area contributed by atoms with Gasteiger partial charge in [0, 0.05) is 11.8 Å². The van der Waals surface area contributed by atoms with Gasteiger partial charge in [-0.3, -0.25) is 0 Å². The van der Waals surface area contributed by atoms with Crippen LogP contribution in [0.5, 0.6) is 5.75 Å². The normalized spacial score (nSPS) is 9.92. The molecule has 0 unspecified atom stereocenters. The molecule has 0 spiro atoms. The molecule has 3 heteroatoms. The zero-order valence-corrected chi connectivity index (χ0v) is 7.92. The summed E-state index contributed by atoms with van der Waals surface area (Å²) >= 11 is 0. The molecule has 0 saturated heterocycles. The Morgan fingerprint density at radius 3 is 2.77 bits per heavy atom. The van der Waals surface area contributed by atoms with Crippen LogP contribution in [0, 0.1) is 0 Å². The van der Waals surface area contributed by atoms with Crippen LogP contribution in [0.3, 0.4) is 0 Å². The second-order valence-electron chi connectivity index (χ2n) is 3.00. The summed E-state index contributed by atoms with van der Waals surface area (Å²) in [5.41, 5.74) is 12.6. The molecule has 1 rings (SSSR count). The van der Waals surface area contributed by atoms with E-state index in [-0.39, 0.29) is 0 Å². The van der Waals surface area contributed by atoms with Gasteiger partial charge in [-0.2, -0.15) is 0 Å². The first kappa shape index (κ1) is 9.71. The Balaban J connectivity index is 2.59. The smallest absolute Gasteiger partial charge is 0.144 e. The van der Waals surface area contributed by atoms with Crippen molar-refractivity contribution >= 4 is 11.4 Å². The fourth-order valence-electron chi connectivity index (χ4n) is 1.00. The minimum absolute atomic E-state index is 0.644. The highest BCUT2D eigenvalue weighted by atomic mass is 16.5. The molecule has 0 aliphatic rings. The van der Waals surface area contributed by atoms with Crippen molar-refractivity contribution in [1.29, 1.82) is 0 Å². The molecule has 3 nitrogen and oxygen atoms in total. The summed E-state index contributed by atoms with van der Waals surface area (Å²) in [7, 11) is 0. The Morgan fingerprint density at radius 1 is 1.31 bits per heavy atom. The van der Waals surface area contributed by atoms with Crippen molar-refractivity contribution in [3.05, 3.63) is 18.2 Å². The standard InChI is InChI=1S/C10H16N2O/c1-2-3-6-13-10-7-8(11)4-5-9(10)12/h4-5,7H,2-3,6,11-12H2,1H3. The van der Waals surface area contributed by atoms with Crippen LogP contribution in [0.25, 0.3) is 0 Å². The van der Waals surface area contributed by atoms with E-state index in [4.69, 9.17) is 16.2 Å². The molecule has 0 saturated carbocycles. The Labute approximate surface area is 78.7 Å². The van der Waals surface area contributed by atoms with Crippen LogP contribution in [-0.4, -0.2) is 6.61 Å². The van der Waals surface area contributed by atoms with Crippen LogP contribution in [0.2, 0.25) is 0 Å². The van der Waals surface area contributed by atoms with Crippen LogP contribution in [0.1, 0.15) is 19.8 Å². The van der Waals surface area contributed by atoms with Crippen LogP contribution in [0.15, 0.2) is 18.2 Å². The van der Waals surface area contributed by atoms with Gasteiger partial charge in [0.05, 0.1) is 12.3 Å². The van der Waals surface area contributed by atoms with Crippen LogP contribution in [-0.2, 0) is 0 Å². The molecule has 4 N–H and O–H groups in total. The summed E-state index contributed by atoms with van der Waals surface area (Å²) in [4.78, 5) is 0. The first-order chi connectivity index (χ1) is 6.24. The van der Waals surface area contributed by atoms with Gasteiger partial charge in [0.25, 0.3) is 0 Å². The van der Waals surface area contributed by atoms with Crippen LogP contribution in [0.4, 0.5) is 11.4 Å². The van der Waals surface area contributed by atoms with Gasteiger partial charge < -0.3 is 16.2 Å². The van der Waals surface area contributed by atoms with Crippen molar-refractivity contribution in [3.8, 4) is 5.75 Å². The van der Waals surface area contributed by atoms with E-state index in [1.54, 1.807) is 18.2 Å². The number of ether oxygens (including phenoxy) is 1. The molecule has 0 amide bonds. The topological polar surface area (TPSA) is 61.3 Å². The first-order valence-electron chi connectivity index (χ1n) is 4.52. The van der Waals surface area contributed by atoms with Gasteiger partial charge in [0.1, 0.15) is 5.75 Å². The molecule has 0 radical (unpaired) electrons. The summed E-state index contributed by atoms with van der Waals surface area (Å²) in [6.07, 6.45) is 2.15. The van der Waals surface area contributed by atoms with Gasteiger partial charge in [-0.05, 0) is 18.6 Å². The molecule has 0 fully saturated rings. The molecule has 0 aliphatic carbocycles. The third-order valence-electron chi connectivity index (χ3n) is 1.79. The number of anilines is 2. The average Bonchev–Trinajstić information content (AvgIpc) is 2.11. The van der Waals surface area contributed by atoms with Crippen LogP contribution < -0.4 is 16.2 Å². The molecule has 13 heavy (non-hydrogen) atoms. The van der Waals surface area contributed by atoms with Gasteiger partial charge >= 0.3 is 0 Å². The lowest BCUT2D eigenvalue weighted by Crippen LogP contribution is -2.00. The first-order valence-corrected chi connectivity index (χ1v) is 4.52. The second kappa shape index (κ2) is 4.60. The number of nitrogen functional groups attached to an aromatic ring is 2. The average molecular weight is 180 g/mol.